The van der Waals surface area contributed by atoms with E-state index < -0.39 is 30.1 Å². The molecule has 5 nitrogen and oxygen atoms in total. The zero-order valence-corrected chi connectivity index (χ0v) is 14.0. The van der Waals surface area contributed by atoms with Crippen LogP contribution in [0.5, 0.6) is 0 Å². The summed E-state index contributed by atoms with van der Waals surface area (Å²) in [7, 11) is 1.56. The van der Waals surface area contributed by atoms with Gasteiger partial charge in [-0.3, -0.25) is 0 Å². The molecule has 0 aliphatic carbocycles. The van der Waals surface area contributed by atoms with Gasteiger partial charge in [-0.1, -0.05) is 0 Å². The van der Waals surface area contributed by atoms with E-state index in [1.807, 2.05) is 20.8 Å². The van der Waals surface area contributed by atoms with Crippen molar-refractivity contribution in [1.29, 1.82) is 0 Å². The van der Waals surface area contributed by atoms with Crippen LogP contribution in [0.1, 0.15) is 20.8 Å². The van der Waals surface area contributed by atoms with Crippen molar-refractivity contribution in [3.8, 4) is 0 Å². The maximum absolute atomic E-state index is 12.1. The minimum atomic E-state index is -1.13. The molecule has 0 amide bonds. The van der Waals surface area contributed by atoms with Crippen molar-refractivity contribution in [2.45, 2.75) is 34.2 Å². The molecule has 94 valence electrons. The van der Waals surface area contributed by atoms with Crippen LogP contribution in [0.15, 0.2) is 0 Å². The van der Waals surface area contributed by atoms with E-state index in [1.165, 1.54) is 0 Å². The van der Waals surface area contributed by atoms with Gasteiger partial charge in [0, 0.05) is 0 Å². The van der Waals surface area contributed by atoms with E-state index in [0.29, 0.717) is 0 Å². The maximum atomic E-state index is 12.1. The number of halogens is 2. The zero-order valence-electron chi connectivity index (χ0n) is 9.64. The van der Waals surface area contributed by atoms with Gasteiger partial charge in [0.2, 0.25) is 0 Å². The van der Waals surface area contributed by atoms with E-state index in [9.17, 15) is 4.79 Å². The van der Waals surface area contributed by atoms with E-state index in [1.54, 1.807) is 7.11 Å². The minimum absolute atomic E-state index is 0.0795. The molecule has 0 aromatic heterocycles. The van der Waals surface area contributed by atoms with E-state index in [-0.39, 0.29) is 15.6 Å². The van der Waals surface area contributed by atoms with Crippen LogP contribution >= 0.6 is 43.0 Å². The van der Waals surface area contributed by atoms with Gasteiger partial charge in [-0.05, 0) is 0 Å². The molecule has 2 fully saturated rings. The molecular formula is C9H16I2N2O3. The molecular weight excluding hydrogens is 438 g/mol. The molecule has 0 saturated carbocycles. The second-order valence-electron chi connectivity index (χ2n) is 4.39. The Hall–Kier alpha value is 0.810. The molecule has 2 heterocycles. The molecule has 0 spiro atoms. The van der Waals surface area contributed by atoms with Gasteiger partial charge in [-0.2, -0.15) is 0 Å². The number of hydrogen-bond donors (Lipinski definition) is 2. The van der Waals surface area contributed by atoms with Crippen LogP contribution in [0.4, 0.5) is 0 Å². The predicted molar refractivity (Wildman–Crippen MR) is 77.2 cm³/mol. The van der Waals surface area contributed by atoms with Crippen LogP contribution in [0.3, 0.4) is 0 Å². The average molecular weight is 454 g/mol. The van der Waals surface area contributed by atoms with Crippen LogP contribution in [0.2, 0.25) is 0 Å². The van der Waals surface area contributed by atoms with E-state index in [2.05, 4.69) is 29.7 Å². The summed E-state index contributed by atoms with van der Waals surface area (Å²) in [4.78, 5) is 12.1. The summed E-state index contributed by atoms with van der Waals surface area (Å²) in [5.41, 5.74) is 0. The van der Waals surface area contributed by atoms with Gasteiger partial charge >= 0.3 is 117 Å². The third-order valence-corrected chi connectivity index (χ3v) is 9.83. The summed E-state index contributed by atoms with van der Waals surface area (Å²) < 4.78 is 16.6. The van der Waals surface area contributed by atoms with Crippen molar-refractivity contribution >= 4 is 48.9 Å². The molecule has 0 radical (unpaired) electrons. The molecule has 2 atom stereocenters. The average Bonchev–Trinajstić information content (AvgIpc) is 2.99. The number of nitrogens with one attached hydrogen (secondary N) is 2. The number of esters is 1. The zero-order chi connectivity index (χ0) is 12.1. The second-order valence-corrected chi connectivity index (χ2v) is 10.9. The first-order valence-corrected chi connectivity index (χ1v) is 9.35. The van der Waals surface area contributed by atoms with Gasteiger partial charge in [-0.25, -0.2) is 0 Å². The number of ether oxygens (including phenoxy) is 2. The molecule has 2 aliphatic heterocycles. The van der Waals surface area contributed by atoms with Crippen molar-refractivity contribution in [1.82, 2.24) is 7.06 Å². The standard InChI is InChI=1S/C9H16I2N2O3/c1-5(2)6(15-4)16-7(14)8(3,10)9-11(12-9)13-9/h5-6,12-13H,1-4H3. The third-order valence-electron chi connectivity index (χ3n) is 2.69. The fourth-order valence-electron chi connectivity index (χ4n) is 1.39. The number of carbonyl (C=O) groups excluding carboxylic acids is 1. The Morgan fingerprint density at radius 2 is 2.00 bits per heavy atom. The van der Waals surface area contributed by atoms with Gasteiger partial charge in [-0.15, -0.1) is 0 Å². The predicted octanol–water partition coefficient (Wildman–Crippen LogP) is 1.55. The van der Waals surface area contributed by atoms with Crippen LogP contribution < -0.4 is 7.06 Å². The fourth-order valence-corrected chi connectivity index (χ4v) is 9.15. The Morgan fingerprint density at radius 3 is 2.31 bits per heavy atom. The first-order valence-electron chi connectivity index (χ1n) is 5.03. The topological polar surface area (TPSA) is 79.4 Å². The summed E-state index contributed by atoms with van der Waals surface area (Å²) in [5.74, 6) is -0.0430. The van der Waals surface area contributed by atoms with Crippen molar-refractivity contribution < 1.29 is 14.3 Å². The van der Waals surface area contributed by atoms with Crippen LogP contribution in [-0.4, -0.2) is 26.5 Å². The van der Waals surface area contributed by atoms with Crippen molar-refractivity contribution in [3.63, 3.8) is 0 Å². The molecule has 2 N–H and O–H groups in total. The van der Waals surface area contributed by atoms with Gasteiger partial charge in [0.05, 0.1) is 0 Å². The van der Waals surface area contributed by atoms with Gasteiger partial charge in [0.25, 0.3) is 0 Å². The number of carbonyl (C=O) groups is 1. The number of hydrogen-bond acceptors (Lipinski definition) is 5. The Morgan fingerprint density at radius 1 is 1.50 bits per heavy atom. The molecule has 0 bridgehead atoms. The number of methoxy groups -OCH3 is 1. The molecule has 2 unspecified atom stereocenters. The Balaban J connectivity index is 1.97. The number of rotatable bonds is 5. The molecule has 16 heavy (non-hydrogen) atoms. The number of alkyl halides is 2. The van der Waals surface area contributed by atoms with Gasteiger partial charge in [0.1, 0.15) is 0 Å². The normalized spacial score (nSPS) is 28.0. The second kappa shape index (κ2) is 4.18. The first-order chi connectivity index (χ1) is 7.35. The summed E-state index contributed by atoms with van der Waals surface area (Å²) in [6.07, 6.45) is -0.460. The van der Waals surface area contributed by atoms with Crippen LogP contribution in [-0.2, 0) is 14.3 Å². The van der Waals surface area contributed by atoms with Crippen molar-refractivity contribution in [2.75, 3.05) is 7.11 Å². The molecule has 2 saturated heterocycles. The number of fused-ring (bicyclic) bond motifs is 1. The molecule has 0 aromatic rings. The Bertz CT molecular complexity index is 316. The van der Waals surface area contributed by atoms with Crippen LogP contribution in [0.25, 0.3) is 0 Å². The first kappa shape index (κ1) is 13.2. The van der Waals surface area contributed by atoms with Gasteiger partial charge in [0.15, 0.2) is 0 Å². The monoisotopic (exact) mass is 454 g/mol. The molecule has 7 heteroatoms. The summed E-state index contributed by atoms with van der Waals surface area (Å²) in [5, 5.41) is 0. The SMILES string of the molecule is COC(OC(=O)C(C)(I)C12NI1N2)C(C)C. The summed E-state index contributed by atoms with van der Waals surface area (Å²) in [6.45, 7) is 5.84. The quantitative estimate of drug-likeness (QED) is 0.125. The van der Waals surface area contributed by atoms with E-state index in [0.717, 1.165) is 0 Å². The van der Waals surface area contributed by atoms with E-state index >= 15 is 0 Å². The Kier molecular flexibility index (Phi) is 3.46. The summed E-state index contributed by atoms with van der Waals surface area (Å²) >= 11 is 1.04. The molecule has 0 aromatic carbocycles. The Labute approximate surface area is 117 Å². The van der Waals surface area contributed by atoms with Crippen molar-refractivity contribution in [3.05, 3.63) is 0 Å². The fraction of sp³-hybridized carbons (Fsp3) is 0.889. The molecule has 2 aliphatic rings. The summed E-state index contributed by atoms with van der Waals surface area (Å²) in [6, 6.07) is 0. The third kappa shape index (κ3) is 1.98. The van der Waals surface area contributed by atoms with Gasteiger partial charge < -0.3 is 0 Å². The molecule has 2 rings (SSSR count). The van der Waals surface area contributed by atoms with Crippen LogP contribution in [0, 0.1) is 5.92 Å². The van der Waals surface area contributed by atoms with E-state index in [4.69, 9.17) is 9.47 Å². The van der Waals surface area contributed by atoms with Crippen molar-refractivity contribution in [2.24, 2.45) is 5.92 Å².